The van der Waals surface area contributed by atoms with E-state index in [1.165, 1.54) is 12.1 Å². The summed E-state index contributed by atoms with van der Waals surface area (Å²) in [5.41, 5.74) is 5.83. The molecule has 1 saturated heterocycles. The number of aliphatic imine (C=N–C) groups is 1. The molecular weight excluding hydrogens is 262 g/mol. The van der Waals surface area contributed by atoms with Crippen molar-refractivity contribution in [3.05, 3.63) is 28.4 Å². The summed E-state index contributed by atoms with van der Waals surface area (Å²) in [6.45, 7) is 1.59. The summed E-state index contributed by atoms with van der Waals surface area (Å²) >= 11 is 0. The van der Waals surface area contributed by atoms with E-state index in [1.54, 1.807) is 0 Å². The molecule has 3 N–H and O–H groups in total. The molecule has 1 aliphatic heterocycles. The second kappa shape index (κ2) is 6.29. The maximum Gasteiger partial charge on any atom is 0.287 e. The molecule has 8 heteroatoms. The van der Waals surface area contributed by atoms with E-state index in [9.17, 15) is 15.2 Å². The number of aliphatic hydroxyl groups excluding tert-OH is 1. The molecule has 0 saturated carbocycles. The zero-order valence-corrected chi connectivity index (χ0v) is 11.0. The molecule has 1 aromatic rings. The van der Waals surface area contributed by atoms with Crippen LogP contribution in [0.5, 0.6) is 0 Å². The van der Waals surface area contributed by atoms with Crippen molar-refractivity contribution in [2.75, 3.05) is 19.7 Å². The highest BCUT2D eigenvalue weighted by atomic mass is 16.6. The number of guanidine groups is 1. The predicted molar refractivity (Wildman–Crippen MR) is 73.6 cm³/mol. The van der Waals surface area contributed by atoms with E-state index in [0.29, 0.717) is 18.3 Å². The van der Waals surface area contributed by atoms with Crippen LogP contribution in [0.2, 0.25) is 0 Å². The van der Waals surface area contributed by atoms with Crippen molar-refractivity contribution in [2.24, 2.45) is 16.6 Å². The van der Waals surface area contributed by atoms with Crippen molar-refractivity contribution in [3.63, 3.8) is 0 Å². The predicted octanol–water partition coefficient (Wildman–Crippen LogP) is 0.640. The standard InChI is InChI=1S/C12H17N5O3/c13-12(16-5-1-2-9(7-16)8-18)15-11-4-3-10(6-14-11)17(19)20/h3-4,6,9,18H,1-2,5,7-8H2,(H2,13,14,15)/t9-/m0/s1. The SMILES string of the molecule is NC(=Nc1ccc([N+](=O)[O-])cn1)N1CCC[C@H](CO)C1. The third-order valence-corrected chi connectivity index (χ3v) is 3.27. The Bertz CT molecular complexity index is 502. The van der Waals surface area contributed by atoms with Crippen LogP contribution in [0.1, 0.15) is 12.8 Å². The Labute approximate surface area is 116 Å². The van der Waals surface area contributed by atoms with E-state index in [-0.39, 0.29) is 18.2 Å². The fourth-order valence-electron chi connectivity index (χ4n) is 2.16. The molecule has 0 spiro atoms. The fraction of sp³-hybridized carbons (Fsp3) is 0.500. The summed E-state index contributed by atoms with van der Waals surface area (Å²) < 4.78 is 0. The molecule has 1 aliphatic rings. The first-order chi connectivity index (χ1) is 9.60. The van der Waals surface area contributed by atoms with Crippen LogP contribution in [0.3, 0.4) is 0 Å². The first kappa shape index (κ1) is 14.2. The molecule has 0 aromatic carbocycles. The Morgan fingerprint density at radius 1 is 1.65 bits per heavy atom. The van der Waals surface area contributed by atoms with Gasteiger partial charge in [0.2, 0.25) is 0 Å². The number of nitrogens with zero attached hydrogens (tertiary/aromatic N) is 4. The molecule has 0 unspecified atom stereocenters. The number of pyridine rings is 1. The van der Waals surface area contributed by atoms with Crippen molar-refractivity contribution in [2.45, 2.75) is 12.8 Å². The lowest BCUT2D eigenvalue weighted by Gasteiger charge is -2.32. The van der Waals surface area contributed by atoms with Crippen molar-refractivity contribution in [1.29, 1.82) is 0 Å². The summed E-state index contributed by atoms with van der Waals surface area (Å²) in [5, 5.41) is 19.7. The molecule has 8 nitrogen and oxygen atoms in total. The van der Waals surface area contributed by atoms with E-state index in [0.717, 1.165) is 25.6 Å². The molecule has 0 aliphatic carbocycles. The number of piperidine rings is 1. The van der Waals surface area contributed by atoms with Crippen LogP contribution >= 0.6 is 0 Å². The minimum Gasteiger partial charge on any atom is -0.396 e. The van der Waals surface area contributed by atoms with E-state index >= 15 is 0 Å². The first-order valence-corrected chi connectivity index (χ1v) is 6.40. The van der Waals surface area contributed by atoms with Crippen LogP contribution in [-0.2, 0) is 0 Å². The number of nitrogens with two attached hydrogens (primary N) is 1. The van der Waals surface area contributed by atoms with Gasteiger partial charge in [0.15, 0.2) is 11.8 Å². The molecule has 108 valence electrons. The lowest BCUT2D eigenvalue weighted by atomic mass is 9.99. The van der Waals surface area contributed by atoms with Crippen LogP contribution in [0.4, 0.5) is 11.5 Å². The number of rotatable bonds is 3. The average molecular weight is 279 g/mol. The van der Waals surface area contributed by atoms with Crippen LogP contribution in [0, 0.1) is 16.0 Å². The number of aliphatic hydroxyl groups is 1. The van der Waals surface area contributed by atoms with Gasteiger partial charge in [-0.3, -0.25) is 10.1 Å². The maximum atomic E-state index is 10.5. The molecular formula is C12H17N5O3. The maximum absolute atomic E-state index is 10.5. The average Bonchev–Trinajstić information content (AvgIpc) is 2.47. The van der Waals surface area contributed by atoms with E-state index in [4.69, 9.17) is 5.73 Å². The summed E-state index contributed by atoms with van der Waals surface area (Å²) in [4.78, 5) is 20.0. The minimum atomic E-state index is -0.514. The Kier molecular flexibility index (Phi) is 4.46. The third-order valence-electron chi connectivity index (χ3n) is 3.27. The van der Waals surface area contributed by atoms with Gasteiger partial charge < -0.3 is 15.7 Å². The summed E-state index contributed by atoms with van der Waals surface area (Å²) in [7, 11) is 0. The number of hydrogen-bond acceptors (Lipinski definition) is 5. The van der Waals surface area contributed by atoms with Gasteiger partial charge in [-0.05, 0) is 24.8 Å². The minimum absolute atomic E-state index is 0.0826. The smallest absolute Gasteiger partial charge is 0.287 e. The van der Waals surface area contributed by atoms with E-state index < -0.39 is 4.92 Å². The molecule has 0 bridgehead atoms. The van der Waals surface area contributed by atoms with Gasteiger partial charge in [-0.25, -0.2) is 4.98 Å². The highest BCUT2D eigenvalue weighted by Gasteiger charge is 2.20. The van der Waals surface area contributed by atoms with E-state index in [1.807, 2.05) is 4.90 Å². The Morgan fingerprint density at radius 3 is 3.05 bits per heavy atom. The van der Waals surface area contributed by atoms with Crippen molar-refractivity contribution < 1.29 is 10.0 Å². The first-order valence-electron chi connectivity index (χ1n) is 6.40. The van der Waals surface area contributed by atoms with Gasteiger partial charge in [-0.1, -0.05) is 0 Å². The Morgan fingerprint density at radius 2 is 2.45 bits per heavy atom. The van der Waals surface area contributed by atoms with Crippen LogP contribution < -0.4 is 5.73 Å². The second-order valence-electron chi connectivity index (χ2n) is 4.74. The summed E-state index contributed by atoms with van der Waals surface area (Å²) in [6, 6.07) is 2.80. The lowest BCUT2D eigenvalue weighted by molar-refractivity contribution is -0.385. The normalized spacial score (nSPS) is 19.9. The van der Waals surface area contributed by atoms with Crippen molar-refractivity contribution >= 4 is 17.5 Å². The van der Waals surface area contributed by atoms with E-state index in [2.05, 4.69) is 9.98 Å². The van der Waals surface area contributed by atoms with Gasteiger partial charge in [0.05, 0.1) is 4.92 Å². The monoisotopic (exact) mass is 279 g/mol. The topological polar surface area (TPSA) is 118 Å². The number of likely N-dealkylation sites (tertiary alicyclic amines) is 1. The quantitative estimate of drug-likeness (QED) is 0.363. The largest absolute Gasteiger partial charge is 0.396 e. The Hall–Kier alpha value is -2.22. The summed E-state index contributed by atoms with van der Waals surface area (Å²) in [6.07, 6.45) is 3.09. The lowest BCUT2D eigenvalue weighted by Crippen LogP contribution is -2.44. The molecule has 1 fully saturated rings. The van der Waals surface area contributed by atoms with Crippen LogP contribution in [0.15, 0.2) is 23.3 Å². The number of nitro groups is 1. The molecule has 0 amide bonds. The van der Waals surface area contributed by atoms with Gasteiger partial charge in [0.25, 0.3) is 5.69 Å². The van der Waals surface area contributed by atoms with Crippen LogP contribution in [-0.4, -0.2) is 45.6 Å². The fourth-order valence-corrected chi connectivity index (χ4v) is 2.16. The Balaban J connectivity index is 2.07. The zero-order chi connectivity index (χ0) is 14.5. The van der Waals surface area contributed by atoms with Crippen molar-refractivity contribution in [1.82, 2.24) is 9.88 Å². The molecule has 2 heterocycles. The van der Waals surface area contributed by atoms with Gasteiger partial charge >= 0.3 is 0 Å². The number of aromatic nitrogens is 1. The molecule has 1 aromatic heterocycles. The van der Waals surface area contributed by atoms with Gasteiger partial charge in [0, 0.05) is 25.8 Å². The second-order valence-corrected chi connectivity index (χ2v) is 4.74. The highest BCUT2D eigenvalue weighted by molar-refractivity contribution is 5.80. The molecule has 0 radical (unpaired) electrons. The highest BCUT2D eigenvalue weighted by Crippen LogP contribution is 2.18. The zero-order valence-electron chi connectivity index (χ0n) is 11.0. The van der Waals surface area contributed by atoms with Crippen molar-refractivity contribution in [3.8, 4) is 0 Å². The number of hydrogen-bond donors (Lipinski definition) is 2. The van der Waals surface area contributed by atoms with Gasteiger partial charge in [0.1, 0.15) is 6.20 Å². The summed E-state index contributed by atoms with van der Waals surface area (Å²) in [5.74, 6) is 0.867. The molecule has 20 heavy (non-hydrogen) atoms. The van der Waals surface area contributed by atoms with Gasteiger partial charge in [-0.15, -0.1) is 0 Å². The van der Waals surface area contributed by atoms with Crippen LogP contribution in [0.25, 0.3) is 0 Å². The third kappa shape index (κ3) is 3.41. The molecule has 1 atom stereocenters. The molecule has 2 rings (SSSR count). The van der Waals surface area contributed by atoms with Gasteiger partial charge in [-0.2, -0.15) is 4.99 Å².